The first-order chi connectivity index (χ1) is 13.0. The number of carbonyl (C=O) groups excluding carboxylic acids is 1. The van der Waals surface area contributed by atoms with Crippen LogP contribution in [0.25, 0.3) is 10.8 Å². The highest BCUT2D eigenvalue weighted by atomic mass is 32.2. The van der Waals surface area contributed by atoms with Crippen LogP contribution in [0.15, 0.2) is 42.5 Å². The lowest BCUT2D eigenvalue weighted by Crippen LogP contribution is -2.42. The lowest BCUT2D eigenvalue weighted by molar-refractivity contribution is -0.120. The van der Waals surface area contributed by atoms with Gasteiger partial charge < -0.3 is 5.32 Å². The number of carbonyl (C=O) groups is 1. The Kier molecular flexibility index (Phi) is 5.19. The molecule has 6 heteroatoms. The Balaban J connectivity index is 1.27. The largest absolute Gasteiger partial charge is 0.356 e. The minimum atomic E-state index is -3.06. The third-order valence-electron chi connectivity index (χ3n) is 5.70. The van der Waals surface area contributed by atoms with Crippen LogP contribution in [0.1, 0.15) is 31.2 Å². The predicted octanol–water partition coefficient (Wildman–Crippen LogP) is 2.70. The average Bonchev–Trinajstić information content (AvgIpc) is 3.53. The molecule has 4 rings (SSSR count). The van der Waals surface area contributed by atoms with E-state index >= 15 is 0 Å². The van der Waals surface area contributed by atoms with Crippen molar-refractivity contribution < 1.29 is 13.2 Å². The van der Waals surface area contributed by atoms with Gasteiger partial charge in [0.15, 0.2) is 0 Å². The summed E-state index contributed by atoms with van der Waals surface area (Å²) in [6, 6.07) is 14.1. The number of sulfonamides is 1. The molecule has 0 bridgehead atoms. The normalized spacial score (nSPS) is 19.3. The van der Waals surface area contributed by atoms with Gasteiger partial charge in [0, 0.05) is 19.6 Å². The van der Waals surface area contributed by atoms with Gasteiger partial charge in [-0.3, -0.25) is 4.79 Å². The first-order valence-corrected chi connectivity index (χ1v) is 11.3. The summed E-state index contributed by atoms with van der Waals surface area (Å²) in [5, 5.41) is 5.18. The maximum atomic E-state index is 12.4. The Morgan fingerprint density at radius 1 is 1.00 bits per heavy atom. The number of rotatable bonds is 6. The number of hydrogen-bond donors (Lipinski definition) is 1. The van der Waals surface area contributed by atoms with E-state index in [9.17, 15) is 13.2 Å². The van der Waals surface area contributed by atoms with Gasteiger partial charge in [-0.15, -0.1) is 0 Å². The fourth-order valence-corrected chi connectivity index (χ4v) is 5.76. The molecule has 0 unspecified atom stereocenters. The average molecular weight is 387 g/mol. The predicted molar refractivity (Wildman–Crippen MR) is 107 cm³/mol. The third-order valence-corrected chi connectivity index (χ3v) is 8.10. The van der Waals surface area contributed by atoms with Crippen LogP contribution in [0.4, 0.5) is 0 Å². The van der Waals surface area contributed by atoms with Crippen LogP contribution in [0, 0.1) is 5.92 Å². The minimum Gasteiger partial charge on any atom is -0.356 e. The van der Waals surface area contributed by atoms with Gasteiger partial charge in [0.1, 0.15) is 0 Å². The lowest BCUT2D eigenvalue weighted by atomic mass is 9.98. The number of fused-ring (bicyclic) bond motifs is 1. The van der Waals surface area contributed by atoms with E-state index in [4.69, 9.17) is 0 Å². The highest BCUT2D eigenvalue weighted by Gasteiger charge is 2.41. The molecular weight excluding hydrogens is 360 g/mol. The molecule has 2 aromatic carbocycles. The Labute approximate surface area is 160 Å². The fraction of sp³-hybridized carbons (Fsp3) is 0.476. The molecule has 1 amide bonds. The zero-order chi connectivity index (χ0) is 18.9. The highest BCUT2D eigenvalue weighted by molar-refractivity contribution is 7.90. The highest BCUT2D eigenvalue weighted by Crippen LogP contribution is 2.33. The van der Waals surface area contributed by atoms with Crippen molar-refractivity contribution in [2.75, 3.05) is 19.6 Å². The van der Waals surface area contributed by atoms with Gasteiger partial charge in [-0.25, -0.2) is 12.7 Å². The Bertz CT molecular complexity index is 924. The van der Waals surface area contributed by atoms with E-state index in [1.54, 1.807) is 4.31 Å². The van der Waals surface area contributed by atoms with Gasteiger partial charge in [-0.05, 0) is 47.9 Å². The molecule has 1 heterocycles. The van der Waals surface area contributed by atoms with E-state index in [-0.39, 0.29) is 11.2 Å². The number of nitrogens with one attached hydrogen (secondary N) is 1. The van der Waals surface area contributed by atoms with Crippen LogP contribution in [-0.2, 0) is 21.2 Å². The van der Waals surface area contributed by atoms with E-state index in [1.165, 1.54) is 0 Å². The summed E-state index contributed by atoms with van der Waals surface area (Å²) in [5.41, 5.74) is 1.04. The van der Waals surface area contributed by atoms with Gasteiger partial charge >= 0.3 is 0 Å². The number of piperidine rings is 1. The molecule has 1 N–H and O–H groups in total. The van der Waals surface area contributed by atoms with E-state index in [0.29, 0.717) is 32.0 Å². The van der Waals surface area contributed by atoms with Crippen molar-refractivity contribution in [3.8, 4) is 0 Å². The number of nitrogens with zero attached hydrogens (tertiary/aromatic N) is 1. The van der Waals surface area contributed by atoms with Crippen LogP contribution in [-0.4, -0.2) is 43.5 Å². The molecule has 1 aliphatic heterocycles. The van der Waals surface area contributed by atoms with Crippen molar-refractivity contribution in [3.05, 3.63) is 48.0 Å². The zero-order valence-electron chi connectivity index (χ0n) is 15.4. The van der Waals surface area contributed by atoms with E-state index in [0.717, 1.165) is 42.0 Å². The quantitative estimate of drug-likeness (QED) is 0.830. The molecule has 27 heavy (non-hydrogen) atoms. The van der Waals surface area contributed by atoms with Crippen molar-refractivity contribution in [2.24, 2.45) is 5.92 Å². The Hall–Kier alpha value is -1.92. The molecule has 0 aromatic heterocycles. The minimum absolute atomic E-state index is 0.0272. The smallest absolute Gasteiger partial charge is 0.224 e. The van der Waals surface area contributed by atoms with Crippen LogP contribution < -0.4 is 5.32 Å². The van der Waals surface area contributed by atoms with Gasteiger partial charge in [0.05, 0.1) is 11.7 Å². The van der Waals surface area contributed by atoms with Gasteiger partial charge in [0.25, 0.3) is 0 Å². The molecule has 1 aliphatic carbocycles. The van der Waals surface area contributed by atoms with Crippen molar-refractivity contribution in [2.45, 2.75) is 37.4 Å². The maximum Gasteiger partial charge on any atom is 0.224 e. The van der Waals surface area contributed by atoms with E-state index in [2.05, 4.69) is 17.4 Å². The summed E-state index contributed by atoms with van der Waals surface area (Å²) in [6.07, 6.45) is 3.64. The molecule has 0 spiro atoms. The molecule has 2 aromatic rings. The zero-order valence-corrected chi connectivity index (χ0v) is 16.2. The van der Waals surface area contributed by atoms with Gasteiger partial charge in [-0.2, -0.15) is 0 Å². The molecule has 2 aliphatic rings. The molecule has 0 atom stereocenters. The summed E-state index contributed by atoms with van der Waals surface area (Å²) >= 11 is 0. The second kappa shape index (κ2) is 7.60. The van der Waals surface area contributed by atoms with Gasteiger partial charge in [-0.1, -0.05) is 42.5 Å². The Morgan fingerprint density at radius 3 is 2.44 bits per heavy atom. The second-order valence-corrected chi connectivity index (χ2v) is 9.92. The van der Waals surface area contributed by atoms with Crippen LogP contribution in [0.3, 0.4) is 0 Å². The molecule has 144 valence electrons. The lowest BCUT2D eigenvalue weighted by Gasteiger charge is -2.31. The first kappa shape index (κ1) is 18.4. The number of amides is 1. The third kappa shape index (κ3) is 4.17. The van der Waals surface area contributed by atoms with Crippen molar-refractivity contribution >= 4 is 26.7 Å². The number of benzene rings is 2. The Morgan fingerprint density at radius 2 is 1.70 bits per heavy atom. The van der Waals surface area contributed by atoms with Crippen LogP contribution in [0.2, 0.25) is 0 Å². The maximum absolute atomic E-state index is 12.4. The van der Waals surface area contributed by atoms with Crippen LogP contribution >= 0.6 is 0 Å². The van der Waals surface area contributed by atoms with Crippen LogP contribution in [0.5, 0.6) is 0 Å². The molecule has 2 fully saturated rings. The number of hydrogen-bond acceptors (Lipinski definition) is 3. The standard InChI is InChI=1S/C21H26N2O3S/c24-21(14-18-6-3-5-17-4-1-2-7-20(17)18)22-15-16-10-12-23(13-11-16)27(25,26)19-8-9-19/h1-7,16,19H,8-15H2,(H,22,24). The molecular formula is C21H26N2O3S. The summed E-state index contributed by atoms with van der Waals surface area (Å²) in [7, 11) is -3.06. The fourth-order valence-electron chi connectivity index (χ4n) is 3.88. The van der Waals surface area contributed by atoms with Crippen molar-refractivity contribution in [1.29, 1.82) is 0 Å². The van der Waals surface area contributed by atoms with Crippen molar-refractivity contribution in [1.82, 2.24) is 9.62 Å². The molecule has 5 nitrogen and oxygen atoms in total. The summed E-state index contributed by atoms with van der Waals surface area (Å²) in [4.78, 5) is 12.4. The van der Waals surface area contributed by atoms with E-state index < -0.39 is 10.0 Å². The second-order valence-electron chi connectivity index (χ2n) is 7.71. The molecule has 1 saturated carbocycles. The first-order valence-electron chi connectivity index (χ1n) is 9.76. The molecule has 1 saturated heterocycles. The summed E-state index contributed by atoms with van der Waals surface area (Å²) < 4.78 is 26.2. The molecule has 0 radical (unpaired) electrons. The topological polar surface area (TPSA) is 66.5 Å². The van der Waals surface area contributed by atoms with E-state index in [1.807, 2.05) is 30.3 Å². The SMILES string of the molecule is O=C(Cc1cccc2ccccc12)NCC1CCN(S(=O)(=O)C2CC2)CC1. The van der Waals surface area contributed by atoms with Crippen molar-refractivity contribution in [3.63, 3.8) is 0 Å². The summed E-state index contributed by atoms with van der Waals surface area (Å²) in [5.74, 6) is 0.381. The van der Waals surface area contributed by atoms with Gasteiger partial charge in [0.2, 0.25) is 15.9 Å². The monoisotopic (exact) mass is 386 g/mol. The summed E-state index contributed by atoms with van der Waals surface area (Å²) in [6.45, 7) is 1.80.